The normalized spacial score (nSPS) is 16.8. The summed E-state index contributed by atoms with van der Waals surface area (Å²) in [6, 6.07) is 16.2. The average molecular weight is 338 g/mol. The van der Waals surface area contributed by atoms with Gasteiger partial charge in [-0.05, 0) is 23.3 Å². The average Bonchev–Trinajstić information content (AvgIpc) is 3.05. The molecule has 24 heavy (non-hydrogen) atoms. The minimum absolute atomic E-state index is 0.0308. The molecule has 1 aromatic heterocycles. The third-order valence-corrected chi connectivity index (χ3v) is 5.37. The molecule has 5 heteroatoms. The zero-order chi connectivity index (χ0) is 16.5. The first-order valence-electron chi connectivity index (χ1n) is 8.00. The molecule has 2 aromatic carbocycles. The molecule has 0 saturated carbocycles. The summed E-state index contributed by atoms with van der Waals surface area (Å²) in [6.45, 7) is 1.19. The molecular formula is C19H18N2O2S. The van der Waals surface area contributed by atoms with Gasteiger partial charge in [0.15, 0.2) is 5.01 Å². The topological polar surface area (TPSA) is 42.4 Å². The van der Waals surface area contributed by atoms with Gasteiger partial charge < -0.3 is 9.64 Å². The highest BCUT2D eigenvalue weighted by Gasteiger charge is 2.24. The quantitative estimate of drug-likeness (QED) is 0.734. The molecule has 0 N–H and O–H groups in total. The summed E-state index contributed by atoms with van der Waals surface area (Å²) in [5.74, 6) is -0.0429. The number of benzene rings is 2. The Kier molecular flexibility index (Phi) is 4.04. The standard InChI is InChI=1S/C19H18N2O2S/c1-21(11-15-10-13-6-2-3-7-14(13)12-23-15)19(22)18-20-16-8-4-5-9-17(16)24-18/h2-9,15H,10-12H2,1H3/t15-/m1/s1. The summed E-state index contributed by atoms with van der Waals surface area (Å²) in [5.41, 5.74) is 3.44. The number of carbonyl (C=O) groups is 1. The number of hydrogen-bond acceptors (Lipinski definition) is 4. The van der Waals surface area contributed by atoms with Crippen molar-refractivity contribution in [2.45, 2.75) is 19.1 Å². The first-order chi connectivity index (χ1) is 11.7. The zero-order valence-electron chi connectivity index (χ0n) is 13.4. The molecule has 2 heterocycles. The lowest BCUT2D eigenvalue weighted by Crippen LogP contribution is -2.38. The Labute approximate surface area is 144 Å². The second kappa shape index (κ2) is 6.34. The van der Waals surface area contributed by atoms with Gasteiger partial charge in [-0.25, -0.2) is 4.98 Å². The minimum atomic E-state index is -0.0429. The van der Waals surface area contributed by atoms with E-state index < -0.39 is 0 Å². The van der Waals surface area contributed by atoms with E-state index in [4.69, 9.17) is 4.74 Å². The van der Waals surface area contributed by atoms with Gasteiger partial charge in [-0.3, -0.25) is 4.79 Å². The summed E-state index contributed by atoms with van der Waals surface area (Å²) in [7, 11) is 1.82. The second-order valence-electron chi connectivity index (χ2n) is 6.08. The lowest BCUT2D eigenvalue weighted by Gasteiger charge is -2.28. The number of para-hydroxylation sites is 1. The van der Waals surface area contributed by atoms with Crippen LogP contribution in [0.15, 0.2) is 48.5 Å². The maximum atomic E-state index is 12.7. The molecule has 3 aromatic rings. The van der Waals surface area contributed by atoms with Crippen molar-refractivity contribution >= 4 is 27.5 Å². The third kappa shape index (κ3) is 2.92. The predicted octanol–water partition coefficient (Wildman–Crippen LogP) is 3.51. The zero-order valence-corrected chi connectivity index (χ0v) is 14.3. The minimum Gasteiger partial charge on any atom is -0.371 e. The third-order valence-electron chi connectivity index (χ3n) is 4.34. The molecular weight excluding hydrogens is 320 g/mol. The summed E-state index contributed by atoms with van der Waals surface area (Å²) in [4.78, 5) is 18.8. The molecule has 1 aliphatic rings. The summed E-state index contributed by atoms with van der Waals surface area (Å²) < 4.78 is 6.95. The van der Waals surface area contributed by atoms with Gasteiger partial charge in [0, 0.05) is 20.0 Å². The highest BCUT2D eigenvalue weighted by Crippen LogP contribution is 2.24. The molecule has 0 radical (unpaired) electrons. The van der Waals surface area contributed by atoms with E-state index in [2.05, 4.69) is 23.2 Å². The van der Waals surface area contributed by atoms with Crippen molar-refractivity contribution in [1.29, 1.82) is 0 Å². The van der Waals surface area contributed by atoms with Gasteiger partial charge in [0.1, 0.15) is 0 Å². The van der Waals surface area contributed by atoms with E-state index in [1.54, 1.807) is 4.90 Å². The molecule has 0 aliphatic carbocycles. The maximum Gasteiger partial charge on any atom is 0.282 e. The first kappa shape index (κ1) is 15.3. The van der Waals surface area contributed by atoms with Crippen LogP contribution in [0.2, 0.25) is 0 Å². The maximum absolute atomic E-state index is 12.7. The molecule has 1 amide bonds. The lowest BCUT2D eigenvalue weighted by molar-refractivity contribution is 0.00985. The number of rotatable bonds is 3. The number of hydrogen-bond donors (Lipinski definition) is 0. The van der Waals surface area contributed by atoms with E-state index in [-0.39, 0.29) is 12.0 Å². The molecule has 0 spiro atoms. The number of carbonyl (C=O) groups excluding carboxylic acids is 1. The number of aromatic nitrogens is 1. The number of likely N-dealkylation sites (N-methyl/N-ethyl adjacent to an activating group) is 1. The number of amides is 1. The number of ether oxygens (including phenoxy) is 1. The molecule has 0 saturated heterocycles. The van der Waals surface area contributed by atoms with Crippen LogP contribution in [0.3, 0.4) is 0 Å². The molecule has 0 fully saturated rings. The van der Waals surface area contributed by atoms with Gasteiger partial charge in [0.25, 0.3) is 5.91 Å². The number of nitrogens with zero attached hydrogens (tertiary/aromatic N) is 2. The van der Waals surface area contributed by atoms with Crippen LogP contribution in [-0.4, -0.2) is 35.5 Å². The second-order valence-corrected chi connectivity index (χ2v) is 7.11. The molecule has 4 nitrogen and oxygen atoms in total. The Morgan fingerprint density at radius 2 is 1.96 bits per heavy atom. The lowest BCUT2D eigenvalue weighted by atomic mass is 9.99. The van der Waals surface area contributed by atoms with Gasteiger partial charge in [-0.1, -0.05) is 36.4 Å². The van der Waals surface area contributed by atoms with Crippen LogP contribution >= 0.6 is 11.3 Å². The van der Waals surface area contributed by atoms with Crippen LogP contribution in [0, 0.1) is 0 Å². The van der Waals surface area contributed by atoms with Crippen molar-refractivity contribution in [2.24, 2.45) is 0 Å². The van der Waals surface area contributed by atoms with Gasteiger partial charge in [-0.15, -0.1) is 11.3 Å². The summed E-state index contributed by atoms with van der Waals surface area (Å²) in [5, 5.41) is 0.537. The fourth-order valence-corrected chi connectivity index (χ4v) is 4.00. The van der Waals surface area contributed by atoms with E-state index in [0.29, 0.717) is 18.2 Å². The van der Waals surface area contributed by atoms with E-state index in [1.807, 2.05) is 37.4 Å². The summed E-state index contributed by atoms with van der Waals surface area (Å²) in [6.07, 6.45) is 0.872. The van der Waals surface area contributed by atoms with Crippen LogP contribution in [0.1, 0.15) is 20.9 Å². The molecule has 1 atom stereocenters. The highest BCUT2D eigenvalue weighted by molar-refractivity contribution is 7.20. The first-order valence-corrected chi connectivity index (χ1v) is 8.82. The Morgan fingerprint density at radius 3 is 2.79 bits per heavy atom. The van der Waals surface area contributed by atoms with E-state index in [1.165, 1.54) is 22.5 Å². The van der Waals surface area contributed by atoms with Crippen LogP contribution < -0.4 is 0 Å². The number of fused-ring (bicyclic) bond motifs is 2. The van der Waals surface area contributed by atoms with Crippen LogP contribution in [-0.2, 0) is 17.8 Å². The largest absolute Gasteiger partial charge is 0.371 e. The van der Waals surface area contributed by atoms with Crippen molar-refractivity contribution in [3.63, 3.8) is 0 Å². The Morgan fingerprint density at radius 1 is 1.21 bits per heavy atom. The highest BCUT2D eigenvalue weighted by atomic mass is 32.1. The van der Waals surface area contributed by atoms with Crippen LogP contribution in [0.4, 0.5) is 0 Å². The van der Waals surface area contributed by atoms with Crippen molar-refractivity contribution in [1.82, 2.24) is 9.88 Å². The van der Waals surface area contributed by atoms with Gasteiger partial charge in [0.05, 0.1) is 22.9 Å². The molecule has 122 valence electrons. The molecule has 4 rings (SSSR count). The van der Waals surface area contributed by atoms with E-state index >= 15 is 0 Å². The van der Waals surface area contributed by atoms with Crippen molar-refractivity contribution < 1.29 is 9.53 Å². The Balaban J connectivity index is 1.46. The van der Waals surface area contributed by atoms with Crippen molar-refractivity contribution in [3.8, 4) is 0 Å². The Hall–Kier alpha value is -2.24. The van der Waals surface area contributed by atoms with Gasteiger partial charge in [0.2, 0.25) is 0 Å². The van der Waals surface area contributed by atoms with Crippen molar-refractivity contribution in [2.75, 3.05) is 13.6 Å². The van der Waals surface area contributed by atoms with Gasteiger partial charge in [-0.2, -0.15) is 0 Å². The van der Waals surface area contributed by atoms with E-state index in [9.17, 15) is 4.79 Å². The van der Waals surface area contributed by atoms with Crippen LogP contribution in [0.5, 0.6) is 0 Å². The fourth-order valence-electron chi connectivity index (χ4n) is 3.04. The van der Waals surface area contributed by atoms with E-state index in [0.717, 1.165) is 16.6 Å². The smallest absolute Gasteiger partial charge is 0.282 e. The molecule has 0 bridgehead atoms. The fraction of sp³-hybridized carbons (Fsp3) is 0.263. The Bertz CT molecular complexity index is 857. The molecule has 1 aliphatic heterocycles. The van der Waals surface area contributed by atoms with Crippen molar-refractivity contribution in [3.05, 3.63) is 64.7 Å². The molecule has 0 unspecified atom stereocenters. The SMILES string of the molecule is CN(C[C@H]1Cc2ccccc2CO1)C(=O)c1nc2ccccc2s1. The van der Waals surface area contributed by atoms with Gasteiger partial charge >= 0.3 is 0 Å². The predicted molar refractivity (Wildman–Crippen MR) is 95.3 cm³/mol. The monoisotopic (exact) mass is 338 g/mol. The van der Waals surface area contributed by atoms with Crippen LogP contribution in [0.25, 0.3) is 10.2 Å². The number of thiazole rings is 1. The summed E-state index contributed by atoms with van der Waals surface area (Å²) >= 11 is 1.44.